The van der Waals surface area contributed by atoms with Crippen LogP contribution in [0.15, 0.2) is 29.1 Å². The van der Waals surface area contributed by atoms with Crippen molar-refractivity contribution in [1.29, 1.82) is 0 Å². The molecule has 2 aromatic rings. The number of anilines is 2. The van der Waals surface area contributed by atoms with E-state index in [1.165, 1.54) is 12.1 Å². The predicted octanol–water partition coefficient (Wildman–Crippen LogP) is 1.83. The Hall–Kier alpha value is -2.63. The lowest BCUT2D eigenvalue weighted by molar-refractivity contribution is 0.0696. The maximum absolute atomic E-state index is 11.3. The molecule has 6 nitrogen and oxygen atoms in total. The van der Waals surface area contributed by atoms with Crippen LogP contribution < -0.4 is 10.9 Å². The van der Waals surface area contributed by atoms with E-state index < -0.39 is 5.97 Å². The molecule has 6 heteroatoms. The van der Waals surface area contributed by atoms with Crippen molar-refractivity contribution in [2.75, 3.05) is 5.32 Å². The molecule has 0 unspecified atom stereocenters. The molecule has 1 aromatic carbocycles. The Bertz CT molecular complexity index is 692. The summed E-state index contributed by atoms with van der Waals surface area (Å²) >= 11 is 0. The monoisotopic (exact) mass is 259 g/mol. The third kappa shape index (κ3) is 2.98. The highest BCUT2D eigenvalue weighted by atomic mass is 16.4. The number of hydrogen-bond acceptors (Lipinski definition) is 4. The van der Waals surface area contributed by atoms with Crippen molar-refractivity contribution in [2.45, 2.75) is 13.8 Å². The van der Waals surface area contributed by atoms with Gasteiger partial charge in [0.2, 0.25) is 0 Å². The molecular formula is C13H13N3O3. The van der Waals surface area contributed by atoms with E-state index in [-0.39, 0.29) is 11.1 Å². The van der Waals surface area contributed by atoms with Gasteiger partial charge in [-0.25, -0.2) is 9.78 Å². The lowest BCUT2D eigenvalue weighted by atomic mass is 10.1. The molecule has 0 aliphatic rings. The van der Waals surface area contributed by atoms with Crippen LogP contribution in [0.5, 0.6) is 0 Å². The van der Waals surface area contributed by atoms with Gasteiger partial charge in [0.15, 0.2) is 0 Å². The maximum atomic E-state index is 11.3. The topological polar surface area (TPSA) is 95.1 Å². The van der Waals surface area contributed by atoms with Crippen LogP contribution in [0.25, 0.3) is 0 Å². The second-order valence-electron chi connectivity index (χ2n) is 4.18. The zero-order chi connectivity index (χ0) is 14.0. The van der Waals surface area contributed by atoms with Crippen molar-refractivity contribution in [3.63, 3.8) is 0 Å². The first-order chi connectivity index (χ1) is 8.95. The smallest absolute Gasteiger partial charge is 0.335 e. The van der Waals surface area contributed by atoms with Crippen LogP contribution in [0, 0.1) is 13.8 Å². The summed E-state index contributed by atoms with van der Waals surface area (Å²) in [5, 5.41) is 11.9. The van der Waals surface area contributed by atoms with E-state index in [9.17, 15) is 9.59 Å². The van der Waals surface area contributed by atoms with Crippen LogP contribution in [-0.4, -0.2) is 21.0 Å². The molecule has 0 saturated heterocycles. The summed E-state index contributed by atoms with van der Waals surface area (Å²) in [5.74, 6) is -0.0354. The number of H-pyrrole nitrogens is 1. The lowest BCUT2D eigenvalue weighted by Crippen LogP contribution is -2.10. The zero-order valence-corrected chi connectivity index (χ0v) is 10.5. The highest BCUT2D eigenvalue weighted by Gasteiger charge is 2.07. The van der Waals surface area contributed by atoms with Crippen molar-refractivity contribution in [2.24, 2.45) is 0 Å². The molecule has 98 valence electrons. The predicted molar refractivity (Wildman–Crippen MR) is 71.0 cm³/mol. The second kappa shape index (κ2) is 4.93. The molecule has 0 bridgehead atoms. The number of aryl methyl sites for hydroxylation is 2. The minimum absolute atomic E-state index is 0.242. The molecule has 0 atom stereocenters. The fourth-order valence-electron chi connectivity index (χ4n) is 1.77. The van der Waals surface area contributed by atoms with Crippen molar-refractivity contribution in [3.05, 3.63) is 51.6 Å². The van der Waals surface area contributed by atoms with Gasteiger partial charge in [-0.1, -0.05) is 0 Å². The quantitative estimate of drug-likeness (QED) is 0.781. The summed E-state index contributed by atoms with van der Waals surface area (Å²) in [5.41, 5.74) is 1.33. The highest BCUT2D eigenvalue weighted by Crippen LogP contribution is 2.18. The number of nitrogens with zero attached hydrogens (tertiary/aromatic N) is 1. The van der Waals surface area contributed by atoms with Crippen LogP contribution in [0.3, 0.4) is 0 Å². The SMILES string of the molecule is Cc1nc(Nc2ccc(C(=O)O)c(C)c2)cc(=O)[nH]1. The Morgan fingerprint density at radius 1 is 1.32 bits per heavy atom. The first-order valence-corrected chi connectivity index (χ1v) is 5.64. The molecule has 0 radical (unpaired) electrons. The van der Waals surface area contributed by atoms with Gasteiger partial charge >= 0.3 is 5.97 Å². The number of aromatic nitrogens is 2. The zero-order valence-electron chi connectivity index (χ0n) is 10.5. The molecule has 0 saturated carbocycles. The van der Waals surface area contributed by atoms with Gasteiger partial charge in [-0.3, -0.25) is 4.79 Å². The summed E-state index contributed by atoms with van der Waals surface area (Å²) < 4.78 is 0. The molecule has 1 heterocycles. The molecule has 0 aliphatic heterocycles. The van der Waals surface area contributed by atoms with Crippen LogP contribution in [0.4, 0.5) is 11.5 Å². The number of aromatic carboxylic acids is 1. The van der Waals surface area contributed by atoms with E-state index in [4.69, 9.17) is 5.11 Å². The van der Waals surface area contributed by atoms with Gasteiger partial charge in [0.05, 0.1) is 5.56 Å². The van der Waals surface area contributed by atoms with Gasteiger partial charge in [0.25, 0.3) is 5.56 Å². The summed E-state index contributed by atoms with van der Waals surface area (Å²) in [6, 6.07) is 6.18. The van der Waals surface area contributed by atoms with Crippen molar-refractivity contribution in [1.82, 2.24) is 9.97 Å². The average Bonchev–Trinajstić information content (AvgIpc) is 2.26. The standard InChI is InChI=1S/C13H13N3O3/c1-7-5-9(3-4-10(7)13(18)19)16-11-6-12(17)15-8(2)14-11/h3-6H,1-2H3,(H,18,19)(H2,14,15,16,17). The van der Waals surface area contributed by atoms with Crippen molar-refractivity contribution < 1.29 is 9.90 Å². The number of carboxylic acid groups (broad SMARTS) is 1. The molecule has 0 amide bonds. The van der Waals surface area contributed by atoms with Gasteiger partial charge in [-0.2, -0.15) is 0 Å². The fraction of sp³-hybridized carbons (Fsp3) is 0.154. The highest BCUT2D eigenvalue weighted by molar-refractivity contribution is 5.90. The summed E-state index contributed by atoms with van der Waals surface area (Å²) in [4.78, 5) is 28.9. The minimum Gasteiger partial charge on any atom is -0.478 e. The normalized spacial score (nSPS) is 10.2. The van der Waals surface area contributed by atoms with Crippen LogP contribution >= 0.6 is 0 Å². The second-order valence-corrected chi connectivity index (χ2v) is 4.18. The number of carboxylic acids is 1. The van der Waals surface area contributed by atoms with E-state index in [2.05, 4.69) is 15.3 Å². The Morgan fingerprint density at radius 3 is 2.63 bits per heavy atom. The minimum atomic E-state index is -0.964. The first kappa shape index (κ1) is 12.8. The maximum Gasteiger partial charge on any atom is 0.335 e. The van der Waals surface area contributed by atoms with Gasteiger partial charge in [-0.15, -0.1) is 0 Å². The molecule has 3 N–H and O–H groups in total. The third-order valence-corrected chi connectivity index (χ3v) is 2.59. The number of benzene rings is 1. The first-order valence-electron chi connectivity index (χ1n) is 5.64. The molecule has 0 fully saturated rings. The summed E-state index contributed by atoms with van der Waals surface area (Å²) in [6.45, 7) is 3.40. The number of nitrogens with one attached hydrogen (secondary N) is 2. The Balaban J connectivity index is 2.31. The van der Waals surface area contributed by atoms with Gasteiger partial charge in [-0.05, 0) is 37.6 Å². The van der Waals surface area contributed by atoms with E-state index in [1.54, 1.807) is 26.0 Å². The van der Waals surface area contributed by atoms with E-state index in [0.717, 1.165) is 0 Å². The molecule has 0 spiro atoms. The van der Waals surface area contributed by atoms with Gasteiger partial charge < -0.3 is 15.4 Å². The summed E-state index contributed by atoms with van der Waals surface area (Å²) in [6.07, 6.45) is 0. The van der Waals surface area contributed by atoms with Gasteiger partial charge in [0, 0.05) is 11.8 Å². The molecule has 19 heavy (non-hydrogen) atoms. The fourth-order valence-corrected chi connectivity index (χ4v) is 1.77. The Morgan fingerprint density at radius 2 is 2.05 bits per heavy atom. The van der Waals surface area contributed by atoms with Crippen molar-refractivity contribution >= 4 is 17.5 Å². The van der Waals surface area contributed by atoms with E-state index >= 15 is 0 Å². The van der Waals surface area contributed by atoms with Crippen LogP contribution in [0.2, 0.25) is 0 Å². The molecule has 2 rings (SSSR count). The largest absolute Gasteiger partial charge is 0.478 e. The Labute approximate surface area is 109 Å². The van der Waals surface area contributed by atoms with E-state index in [1.807, 2.05) is 0 Å². The number of aromatic amines is 1. The van der Waals surface area contributed by atoms with Crippen LogP contribution in [-0.2, 0) is 0 Å². The molecule has 0 aliphatic carbocycles. The third-order valence-electron chi connectivity index (χ3n) is 2.59. The number of hydrogen-bond donors (Lipinski definition) is 3. The number of rotatable bonds is 3. The summed E-state index contributed by atoms with van der Waals surface area (Å²) in [7, 11) is 0. The molecule has 1 aromatic heterocycles. The lowest BCUT2D eigenvalue weighted by Gasteiger charge is -2.08. The van der Waals surface area contributed by atoms with Crippen LogP contribution in [0.1, 0.15) is 21.7 Å². The van der Waals surface area contributed by atoms with Crippen molar-refractivity contribution in [3.8, 4) is 0 Å². The average molecular weight is 259 g/mol. The van der Waals surface area contributed by atoms with Gasteiger partial charge in [0.1, 0.15) is 11.6 Å². The Kier molecular flexibility index (Phi) is 3.33. The van der Waals surface area contributed by atoms with E-state index in [0.29, 0.717) is 22.9 Å². The molecular weight excluding hydrogens is 246 g/mol. The number of carbonyl (C=O) groups is 1.